The number of aryl methyl sites for hydroxylation is 1. The van der Waals surface area contributed by atoms with Gasteiger partial charge < -0.3 is 5.73 Å². The lowest BCUT2D eigenvalue weighted by atomic mass is 10.1. The van der Waals surface area contributed by atoms with Crippen LogP contribution in [0.3, 0.4) is 0 Å². The van der Waals surface area contributed by atoms with Crippen LogP contribution in [0.25, 0.3) is 16.5 Å². The Kier molecular flexibility index (Phi) is 3.02. The second-order valence-corrected chi connectivity index (χ2v) is 4.71. The summed E-state index contributed by atoms with van der Waals surface area (Å²) in [5, 5.41) is 1.14. The summed E-state index contributed by atoms with van der Waals surface area (Å²) in [6, 6.07) is 11.3. The van der Waals surface area contributed by atoms with Crippen molar-refractivity contribution in [3.8, 4) is 5.69 Å². The van der Waals surface area contributed by atoms with E-state index in [-0.39, 0.29) is 11.3 Å². The van der Waals surface area contributed by atoms with Crippen LogP contribution < -0.4 is 11.3 Å². The third kappa shape index (κ3) is 2.08. The summed E-state index contributed by atoms with van der Waals surface area (Å²) in [4.78, 5) is 28.5. The van der Waals surface area contributed by atoms with E-state index in [1.807, 2.05) is 6.92 Å². The predicted molar refractivity (Wildman–Crippen MR) is 79.4 cm³/mol. The first-order chi connectivity index (χ1) is 10.1. The van der Waals surface area contributed by atoms with Gasteiger partial charge in [0, 0.05) is 11.6 Å². The molecular weight excluding hydrogens is 266 g/mol. The SMILES string of the molecule is Cc1ccncc1-n1c(C(N)=O)cc2cc[c]cc2c1=O. The molecule has 0 bridgehead atoms. The minimum absolute atomic E-state index is 0.134. The van der Waals surface area contributed by atoms with Crippen LogP contribution in [-0.2, 0) is 0 Å². The second kappa shape index (κ2) is 4.86. The van der Waals surface area contributed by atoms with Gasteiger partial charge in [0.15, 0.2) is 0 Å². The summed E-state index contributed by atoms with van der Waals surface area (Å²) in [5.41, 5.74) is 6.63. The van der Waals surface area contributed by atoms with E-state index < -0.39 is 5.91 Å². The topological polar surface area (TPSA) is 78.0 Å². The van der Waals surface area contributed by atoms with Gasteiger partial charge in [-0.15, -0.1) is 0 Å². The van der Waals surface area contributed by atoms with E-state index in [0.717, 1.165) is 5.56 Å². The molecule has 1 aromatic carbocycles. The molecule has 0 atom stereocenters. The zero-order valence-corrected chi connectivity index (χ0v) is 11.3. The summed E-state index contributed by atoms with van der Waals surface area (Å²) >= 11 is 0. The molecule has 1 radical (unpaired) electrons. The molecule has 3 aromatic rings. The average molecular weight is 278 g/mol. The summed E-state index contributed by atoms with van der Waals surface area (Å²) < 4.78 is 1.31. The van der Waals surface area contributed by atoms with E-state index in [0.29, 0.717) is 16.5 Å². The molecule has 2 heterocycles. The van der Waals surface area contributed by atoms with Gasteiger partial charge in [0.1, 0.15) is 5.69 Å². The molecule has 0 aliphatic heterocycles. The van der Waals surface area contributed by atoms with Crippen LogP contribution in [0.1, 0.15) is 16.1 Å². The van der Waals surface area contributed by atoms with Crippen LogP contribution in [0.2, 0.25) is 0 Å². The maximum Gasteiger partial charge on any atom is 0.265 e. The Morgan fingerprint density at radius 1 is 1.38 bits per heavy atom. The Labute approximate surface area is 120 Å². The predicted octanol–water partition coefficient (Wildman–Crippen LogP) is 1.59. The van der Waals surface area contributed by atoms with Crippen LogP contribution in [0.15, 0.2) is 47.5 Å². The van der Waals surface area contributed by atoms with Gasteiger partial charge in [-0.05, 0) is 42.1 Å². The molecule has 5 nitrogen and oxygen atoms in total. The largest absolute Gasteiger partial charge is 0.364 e. The van der Waals surface area contributed by atoms with Gasteiger partial charge in [-0.1, -0.05) is 12.1 Å². The van der Waals surface area contributed by atoms with Crippen LogP contribution in [0, 0.1) is 13.0 Å². The highest BCUT2D eigenvalue weighted by molar-refractivity contribution is 5.96. The fourth-order valence-electron chi connectivity index (χ4n) is 2.31. The Morgan fingerprint density at radius 2 is 2.19 bits per heavy atom. The van der Waals surface area contributed by atoms with Gasteiger partial charge in [0.25, 0.3) is 11.5 Å². The molecule has 0 aliphatic rings. The molecular formula is C16H12N3O2. The molecule has 2 N–H and O–H groups in total. The second-order valence-electron chi connectivity index (χ2n) is 4.71. The van der Waals surface area contributed by atoms with Crippen molar-refractivity contribution in [2.75, 3.05) is 0 Å². The molecule has 21 heavy (non-hydrogen) atoms. The molecule has 103 valence electrons. The summed E-state index contributed by atoms with van der Waals surface area (Å²) in [6.45, 7) is 1.84. The number of benzene rings is 1. The number of pyridine rings is 2. The van der Waals surface area contributed by atoms with E-state index in [4.69, 9.17) is 5.73 Å². The summed E-state index contributed by atoms with van der Waals surface area (Å²) in [6.07, 6.45) is 3.17. The fraction of sp³-hybridized carbons (Fsp3) is 0.0625. The summed E-state index contributed by atoms with van der Waals surface area (Å²) in [7, 11) is 0. The van der Waals surface area contributed by atoms with Crippen molar-refractivity contribution < 1.29 is 4.79 Å². The lowest BCUT2D eigenvalue weighted by Gasteiger charge is -2.13. The van der Waals surface area contributed by atoms with Gasteiger partial charge >= 0.3 is 0 Å². The number of hydrogen-bond donors (Lipinski definition) is 1. The monoisotopic (exact) mass is 278 g/mol. The van der Waals surface area contributed by atoms with Crippen LogP contribution in [-0.4, -0.2) is 15.5 Å². The normalized spacial score (nSPS) is 10.7. The average Bonchev–Trinajstić information content (AvgIpc) is 2.48. The van der Waals surface area contributed by atoms with Gasteiger partial charge in [0.05, 0.1) is 11.9 Å². The van der Waals surface area contributed by atoms with Crippen molar-refractivity contribution >= 4 is 16.7 Å². The highest BCUT2D eigenvalue weighted by atomic mass is 16.2. The quantitative estimate of drug-likeness (QED) is 0.773. The van der Waals surface area contributed by atoms with Crippen molar-refractivity contribution in [2.45, 2.75) is 6.92 Å². The first-order valence-electron chi connectivity index (χ1n) is 6.36. The van der Waals surface area contributed by atoms with Gasteiger partial charge in [-0.3, -0.25) is 19.1 Å². The zero-order valence-electron chi connectivity index (χ0n) is 11.3. The van der Waals surface area contributed by atoms with Crippen LogP contribution >= 0.6 is 0 Å². The minimum atomic E-state index is -0.662. The van der Waals surface area contributed by atoms with Crippen LogP contribution in [0.4, 0.5) is 0 Å². The Balaban J connectivity index is 2.49. The van der Waals surface area contributed by atoms with E-state index in [2.05, 4.69) is 11.1 Å². The van der Waals surface area contributed by atoms with Gasteiger partial charge in [-0.25, -0.2) is 0 Å². The lowest BCUT2D eigenvalue weighted by molar-refractivity contribution is 0.0993. The number of fused-ring (bicyclic) bond motifs is 1. The van der Waals surface area contributed by atoms with Crippen molar-refractivity contribution in [1.82, 2.24) is 9.55 Å². The molecule has 0 spiro atoms. The number of nitrogens with two attached hydrogens (primary N) is 1. The van der Waals surface area contributed by atoms with Crippen molar-refractivity contribution in [1.29, 1.82) is 0 Å². The Hall–Kier alpha value is -2.95. The Morgan fingerprint density at radius 3 is 2.90 bits per heavy atom. The molecule has 1 amide bonds. The first kappa shape index (κ1) is 13.1. The number of primary amides is 1. The molecule has 0 fully saturated rings. The number of amides is 1. The van der Waals surface area contributed by atoms with Gasteiger partial charge in [0.2, 0.25) is 0 Å². The van der Waals surface area contributed by atoms with Crippen molar-refractivity contribution in [3.63, 3.8) is 0 Å². The molecule has 0 unspecified atom stereocenters. The highest BCUT2D eigenvalue weighted by Gasteiger charge is 2.16. The first-order valence-corrected chi connectivity index (χ1v) is 6.36. The van der Waals surface area contributed by atoms with Crippen LogP contribution in [0.5, 0.6) is 0 Å². The zero-order chi connectivity index (χ0) is 15.0. The number of carbonyl (C=O) groups is 1. The highest BCUT2D eigenvalue weighted by Crippen LogP contribution is 2.17. The number of aromatic nitrogens is 2. The fourth-order valence-corrected chi connectivity index (χ4v) is 2.31. The number of carbonyl (C=O) groups excluding carboxylic acids is 1. The van der Waals surface area contributed by atoms with E-state index in [1.165, 1.54) is 4.57 Å². The summed E-state index contributed by atoms with van der Waals surface area (Å²) in [5.74, 6) is -0.662. The standard InChI is InChI=1S/C16H12N3O2/c1-10-6-7-18-9-14(10)19-13(15(17)20)8-11-4-2-3-5-12(11)16(19)21/h2,4-9H,1H3,(H2,17,20). The molecule has 0 aliphatic carbocycles. The molecule has 3 rings (SSSR count). The minimum Gasteiger partial charge on any atom is -0.364 e. The third-order valence-corrected chi connectivity index (χ3v) is 3.37. The van der Waals surface area contributed by atoms with E-state index >= 15 is 0 Å². The molecule has 0 saturated heterocycles. The van der Waals surface area contributed by atoms with Crippen molar-refractivity contribution in [3.05, 3.63) is 70.4 Å². The van der Waals surface area contributed by atoms with E-state index in [9.17, 15) is 9.59 Å². The third-order valence-electron chi connectivity index (χ3n) is 3.37. The maximum absolute atomic E-state index is 12.7. The molecule has 0 saturated carbocycles. The van der Waals surface area contributed by atoms with E-state index in [1.54, 1.807) is 42.7 Å². The van der Waals surface area contributed by atoms with Gasteiger partial charge in [-0.2, -0.15) is 0 Å². The van der Waals surface area contributed by atoms with Crippen molar-refractivity contribution in [2.24, 2.45) is 5.73 Å². The molecule has 2 aromatic heterocycles. The lowest BCUT2D eigenvalue weighted by Crippen LogP contribution is -2.28. The maximum atomic E-state index is 12.7. The smallest absolute Gasteiger partial charge is 0.265 e. The Bertz CT molecular complexity index is 913. The number of nitrogens with zero attached hydrogens (tertiary/aromatic N) is 2. The number of rotatable bonds is 2. The molecule has 5 heteroatoms. The number of hydrogen-bond acceptors (Lipinski definition) is 3.